The van der Waals surface area contributed by atoms with Gasteiger partial charge in [-0.15, -0.1) is 0 Å². The lowest BCUT2D eigenvalue weighted by atomic mass is 10.0. The summed E-state index contributed by atoms with van der Waals surface area (Å²) in [5.74, 6) is 0.826. The molecule has 2 heterocycles. The lowest BCUT2D eigenvalue weighted by Gasteiger charge is -2.26. The van der Waals surface area contributed by atoms with E-state index in [4.69, 9.17) is 9.15 Å². The van der Waals surface area contributed by atoms with Crippen LogP contribution in [0.25, 0.3) is 11.0 Å². The molecule has 4 heteroatoms. The fourth-order valence-corrected chi connectivity index (χ4v) is 3.44. The third-order valence-corrected chi connectivity index (χ3v) is 5.12. The number of aryl methyl sites for hydroxylation is 2. The zero-order chi connectivity index (χ0) is 17.6. The molecule has 1 aliphatic rings. The van der Waals surface area contributed by atoms with E-state index >= 15 is 0 Å². The summed E-state index contributed by atoms with van der Waals surface area (Å²) in [6.07, 6.45) is 0. The highest BCUT2D eigenvalue weighted by Gasteiger charge is 2.25. The summed E-state index contributed by atoms with van der Waals surface area (Å²) in [6, 6.07) is 12.6. The van der Waals surface area contributed by atoms with E-state index in [-0.39, 0.29) is 5.63 Å². The number of quaternary nitrogens is 1. The quantitative estimate of drug-likeness (QED) is 0.732. The molecule has 0 saturated carbocycles. The maximum atomic E-state index is 12.1. The molecule has 0 amide bonds. The average molecular weight is 336 g/mol. The van der Waals surface area contributed by atoms with Gasteiger partial charge in [0, 0.05) is 16.5 Å². The van der Waals surface area contributed by atoms with Gasteiger partial charge in [-0.25, -0.2) is 4.79 Å². The maximum Gasteiger partial charge on any atom is 0.339 e. The Morgan fingerprint density at radius 1 is 1.00 bits per heavy atom. The fourth-order valence-electron chi connectivity index (χ4n) is 3.44. The summed E-state index contributed by atoms with van der Waals surface area (Å²) in [5.41, 5.74) is 5.61. The van der Waals surface area contributed by atoms with Gasteiger partial charge >= 0.3 is 5.63 Å². The molecule has 4 nitrogen and oxygen atoms in total. The van der Waals surface area contributed by atoms with E-state index in [1.165, 1.54) is 16.0 Å². The number of hydrogen-bond donors (Lipinski definition) is 1. The van der Waals surface area contributed by atoms with E-state index in [1.54, 1.807) is 0 Å². The van der Waals surface area contributed by atoms with Crippen molar-refractivity contribution >= 4 is 11.0 Å². The van der Waals surface area contributed by atoms with Crippen LogP contribution in [0.2, 0.25) is 0 Å². The number of benzene rings is 2. The molecule has 4 rings (SSSR count). The Morgan fingerprint density at radius 3 is 2.52 bits per heavy atom. The van der Waals surface area contributed by atoms with Crippen molar-refractivity contribution in [3.8, 4) is 5.75 Å². The van der Waals surface area contributed by atoms with Gasteiger partial charge in [-0.1, -0.05) is 29.8 Å². The topological polar surface area (TPSA) is 43.9 Å². The van der Waals surface area contributed by atoms with E-state index in [9.17, 15) is 4.79 Å². The highest BCUT2D eigenvalue weighted by molar-refractivity contribution is 5.85. The highest BCUT2D eigenvalue weighted by atomic mass is 16.5. The van der Waals surface area contributed by atoms with Gasteiger partial charge in [-0.05, 0) is 38.5 Å². The SMILES string of the molecule is Cc1ccc(C[NH+]2COc3ccc4c(C)c(C)c(=O)oc4c3C2)cc1. The predicted octanol–water partition coefficient (Wildman–Crippen LogP) is 2.65. The van der Waals surface area contributed by atoms with Crippen molar-refractivity contribution in [1.29, 1.82) is 0 Å². The van der Waals surface area contributed by atoms with Crippen LogP contribution in [0.4, 0.5) is 0 Å². The molecule has 0 saturated heterocycles. The van der Waals surface area contributed by atoms with Gasteiger partial charge < -0.3 is 9.15 Å². The van der Waals surface area contributed by atoms with Gasteiger partial charge in [0.05, 0.1) is 5.56 Å². The zero-order valence-corrected chi connectivity index (χ0v) is 14.8. The van der Waals surface area contributed by atoms with Crippen LogP contribution in [-0.4, -0.2) is 6.73 Å². The average Bonchev–Trinajstić information content (AvgIpc) is 2.62. The molecule has 1 aliphatic heterocycles. The highest BCUT2D eigenvalue weighted by Crippen LogP contribution is 2.30. The minimum absolute atomic E-state index is 0.260. The predicted molar refractivity (Wildman–Crippen MR) is 97.0 cm³/mol. The first-order valence-corrected chi connectivity index (χ1v) is 8.60. The molecule has 3 aromatic rings. The summed E-state index contributed by atoms with van der Waals surface area (Å²) >= 11 is 0. The van der Waals surface area contributed by atoms with Crippen molar-refractivity contribution in [3.63, 3.8) is 0 Å². The van der Waals surface area contributed by atoms with Crippen LogP contribution in [0.3, 0.4) is 0 Å². The first kappa shape index (κ1) is 15.9. The van der Waals surface area contributed by atoms with Gasteiger partial charge in [0.1, 0.15) is 18.8 Å². The van der Waals surface area contributed by atoms with Gasteiger partial charge in [-0.3, -0.25) is 4.90 Å². The van der Waals surface area contributed by atoms with Crippen LogP contribution in [0.5, 0.6) is 5.75 Å². The third kappa shape index (κ3) is 2.83. The first-order chi connectivity index (χ1) is 12.0. The molecule has 1 unspecified atom stereocenters. The maximum absolute atomic E-state index is 12.1. The van der Waals surface area contributed by atoms with Crippen molar-refractivity contribution in [1.82, 2.24) is 0 Å². The number of ether oxygens (including phenoxy) is 1. The molecule has 1 N–H and O–H groups in total. The molecule has 128 valence electrons. The molecule has 0 aliphatic carbocycles. The van der Waals surface area contributed by atoms with Gasteiger partial charge in [-0.2, -0.15) is 0 Å². The molecule has 0 fully saturated rings. The molecule has 1 atom stereocenters. The van der Waals surface area contributed by atoms with Crippen LogP contribution >= 0.6 is 0 Å². The number of nitrogens with one attached hydrogen (secondary N) is 1. The summed E-state index contributed by atoms with van der Waals surface area (Å²) in [6.45, 7) is 8.15. The molecular formula is C21H22NO3+. The van der Waals surface area contributed by atoms with Crippen LogP contribution in [0, 0.1) is 20.8 Å². The number of fused-ring (bicyclic) bond motifs is 3. The Kier molecular flexibility index (Phi) is 3.85. The minimum atomic E-state index is -0.260. The Morgan fingerprint density at radius 2 is 1.76 bits per heavy atom. The Bertz CT molecular complexity index is 1000. The van der Waals surface area contributed by atoms with Gasteiger partial charge in [0.25, 0.3) is 0 Å². The number of rotatable bonds is 2. The number of hydrogen-bond acceptors (Lipinski definition) is 3. The van der Waals surface area contributed by atoms with Crippen molar-refractivity contribution in [3.05, 3.63) is 74.6 Å². The van der Waals surface area contributed by atoms with E-state index < -0.39 is 0 Å². The second-order valence-corrected chi connectivity index (χ2v) is 6.94. The normalized spacial score (nSPS) is 16.5. The van der Waals surface area contributed by atoms with Crippen LogP contribution in [-0.2, 0) is 13.1 Å². The smallest absolute Gasteiger partial charge is 0.339 e. The second kappa shape index (κ2) is 6.05. The van der Waals surface area contributed by atoms with Crippen molar-refractivity contribution in [2.75, 3.05) is 6.73 Å². The minimum Gasteiger partial charge on any atom is -0.445 e. The summed E-state index contributed by atoms with van der Waals surface area (Å²) in [4.78, 5) is 13.4. The lowest BCUT2D eigenvalue weighted by molar-refractivity contribution is -0.945. The monoisotopic (exact) mass is 336 g/mol. The van der Waals surface area contributed by atoms with Crippen LogP contribution < -0.4 is 15.3 Å². The third-order valence-electron chi connectivity index (χ3n) is 5.12. The Balaban J connectivity index is 1.72. The molecule has 0 radical (unpaired) electrons. The molecule has 0 bridgehead atoms. The summed E-state index contributed by atoms with van der Waals surface area (Å²) in [5, 5.41) is 0.996. The summed E-state index contributed by atoms with van der Waals surface area (Å²) in [7, 11) is 0. The summed E-state index contributed by atoms with van der Waals surface area (Å²) < 4.78 is 11.6. The first-order valence-electron chi connectivity index (χ1n) is 8.60. The fraction of sp³-hybridized carbons (Fsp3) is 0.286. The Hall–Kier alpha value is -2.59. The zero-order valence-electron chi connectivity index (χ0n) is 14.8. The molecular weight excluding hydrogens is 314 g/mol. The van der Waals surface area contributed by atoms with E-state index in [1.807, 2.05) is 26.0 Å². The van der Waals surface area contributed by atoms with E-state index in [0.717, 1.165) is 35.4 Å². The molecule has 0 spiro atoms. The van der Waals surface area contributed by atoms with Crippen molar-refractivity contribution < 1.29 is 14.1 Å². The Labute approximate surface area is 146 Å². The van der Waals surface area contributed by atoms with Crippen LogP contribution in [0.15, 0.2) is 45.6 Å². The lowest BCUT2D eigenvalue weighted by Crippen LogP contribution is -3.10. The van der Waals surface area contributed by atoms with E-state index in [2.05, 4.69) is 31.2 Å². The second-order valence-electron chi connectivity index (χ2n) is 6.94. The largest absolute Gasteiger partial charge is 0.445 e. The van der Waals surface area contributed by atoms with Crippen molar-refractivity contribution in [2.45, 2.75) is 33.9 Å². The molecule has 25 heavy (non-hydrogen) atoms. The molecule has 2 aromatic carbocycles. The van der Waals surface area contributed by atoms with Gasteiger partial charge in [0.2, 0.25) is 6.73 Å². The molecule has 1 aromatic heterocycles. The standard InChI is InChI=1S/C21H21NO3/c1-13-4-6-16(7-5-13)10-22-11-18-19(24-12-22)9-8-17-14(2)15(3)21(23)25-20(17)18/h4-9H,10-12H2,1-3H3/p+1. The van der Waals surface area contributed by atoms with Gasteiger partial charge in [0.15, 0.2) is 5.58 Å². The van der Waals surface area contributed by atoms with Crippen molar-refractivity contribution in [2.24, 2.45) is 0 Å². The van der Waals surface area contributed by atoms with E-state index in [0.29, 0.717) is 17.9 Å². The van der Waals surface area contributed by atoms with Crippen LogP contribution in [0.1, 0.15) is 27.8 Å².